The highest BCUT2D eigenvalue weighted by Crippen LogP contribution is 2.34. The van der Waals surface area contributed by atoms with Gasteiger partial charge >= 0.3 is 0 Å². The summed E-state index contributed by atoms with van der Waals surface area (Å²) in [7, 11) is 0. The Kier molecular flexibility index (Phi) is 3.96. The standard InChI is InChI=1S/C15H21N5O2/c1-10-9-12(19-18-10)13(21)17-15(7-5-3-4-6-8-15)14-16-11(2)22-20-14/h9H,3-8H2,1-2H3,(H,17,21)(H,18,19). The van der Waals surface area contributed by atoms with Gasteiger partial charge < -0.3 is 9.84 Å². The van der Waals surface area contributed by atoms with Crippen LogP contribution in [-0.2, 0) is 5.54 Å². The van der Waals surface area contributed by atoms with Gasteiger partial charge in [-0.1, -0.05) is 30.8 Å². The van der Waals surface area contributed by atoms with Gasteiger partial charge in [-0.15, -0.1) is 0 Å². The van der Waals surface area contributed by atoms with Gasteiger partial charge in [-0.3, -0.25) is 9.89 Å². The number of H-pyrrole nitrogens is 1. The van der Waals surface area contributed by atoms with Crippen molar-refractivity contribution in [3.63, 3.8) is 0 Å². The molecule has 2 aromatic rings. The van der Waals surface area contributed by atoms with Crippen LogP contribution in [-0.4, -0.2) is 26.2 Å². The summed E-state index contributed by atoms with van der Waals surface area (Å²) in [5.74, 6) is 0.893. The number of hydrogen-bond donors (Lipinski definition) is 2. The number of nitrogens with zero attached hydrogens (tertiary/aromatic N) is 3. The van der Waals surface area contributed by atoms with Crippen LogP contribution in [0.5, 0.6) is 0 Å². The Bertz CT molecular complexity index is 652. The molecule has 0 aromatic carbocycles. The van der Waals surface area contributed by atoms with Crippen LogP contribution in [0.1, 0.15) is 66.4 Å². The summed E-state index contributed by atoms with van der Waals surface area (Å²) in [6, 6.07) is 1.74. The zero-order chi connectivity index (χ0) is 15.6. The molecule has 0 radical (unpaired) electrons. The molecule has 1 aliphatic carbocycles. The van der Waals surface area contributed by atoms with Crippen LogP contribution in [0.15, 0.2) is 10.6 Å². The quantitative estimate of drug-likeness (QED) is 0.849. The summed E-state index contributed by atoms with van der Waals surface area (Å²) < 4.78 is 5.14. The van der Waals surface area contributed by atoms with Crippen molar-refractivity contribution in [3.8, 4) is 0 Å². The predicted octanol–water partition coefficient (Wildman–Crippen LogP) is 2.39. The molecule has 0 aliphatic heterocycles. The molecule has 1 saturated carbocycles. The molecule has 0 unspecified atom stereocenters. The first-order valence-corrected chi connectivity index (χ1v) is 7.74. The van der Waals surface area contributed by atoms with E-state index in [0.29, 0.717) is 17.4 Å². The van der Waals surface area contributed by atoms with Crippen LogP contribution < -0.4 is 5.32 Å². The molecule has 118 valence electrons. The number of hydrogen-bond acceptors (Lipinski definition) is 5. The van der Waals surface area contributed by atoms with Crippen molar-refractivity contribution in [2.45, 2.75) is 57.9 Å². The second-order valence-corrected chi connectivity index (χ2v) is 6.02. The summed E-state index contributed by atoms with van der Waals surface area (Å²) in [6.45, 7) is 3.63. The van der Waals surface area contributed by atoms with Gasteiger partial charge in [-0.2, -0.15) is 10.1 Å². The predicted molar refractivity (Wildman–Crippen MR) is 79.2 cm³/mol. The molecule has 0 bridgehead atoms. The Hall–Kier alpha value is -2.18. The molecule has 1 amide bonds. The van der Waals surface area contributed by atoms with Gasteiger partial charge in [0.1, 0.15) is 11.2 Å². The third kappa shape index (κ3) is 2.88. The fourth-order valence-electron chi connectivity index (χ4n) is 3.05. The zero-order valence-electron chi connectivity index (χ0n) is 13.0. The van der Waals surface area contributed by atoms with Gasteiger partial charge in [0.25, 0.3) is 5.91 Å². The van der Waals surface area contributed by atoms with Gasteiger partial charge in [-0.05, 0) is 25.8 Å². The maximum atomic E-state index is 12.5. The number of rotatable bonds is 3. The number of nitrogens with one attached hydrogen (secondary N) is 2. The lowest BCUT2D eigenvalue weighted by Crippen LogP contribution is -2.46. The molecule has 2 heterocycles. The van der Waals surface area contributed by atoms with E-state index >= 15 is 0 Å². The van der Waals surface area contributed by atoms with E-state index in [2.05, 4.69) is 25.7 Å². The van der Waals surface area contributed by atoms with Crippen molar-refractivity contribution >= 4 is 5.91 Å². The van der Waals surface area contributed by atoms with Gasteiger partial charge in [0, 0.05) is 12.6 Å². The molecule has 1 fully saturated rings. The number of aromatic nitrogens is 4. The minimum absolute atomic E-state index is 0.200. The van der Waals surface area contributed by atoms with Crippen molar-refractivity contribution in [1.82, 2.24) is 25.7 Å². The molecule has 22 heavy (non-hydrogen) atoms. The van der Waals surface area contributed by atoms with E-state index in [1.807, 2.05) is 6.92 Å². The van der Waals surface area contributed by atoms with Crippen LogP contribution in [0.3, 0.4) is 0 Å². The van der Waals surface area contributed by atoms with Crippen LogP contribution in [0.25, 0.3) is 0 Å². The van der Waals surface area contributed by atoms with Crippen LogP contribution in [0.2, 0.25) is 0 Å². The van der Waals surface area contributed by atoms with E-state index in [1.165, 1.54) is 0 Å². The first-order chi connectivity index (χ1) is 10.6. The highest BCUT2D eigenvalue weighted by Gasteiger charge is 2.39. The van der Waals surface area contributed by atoms with E-state index in [4.69, 9.17) is 4.52 Å². The Balaban J connectivity index is 1.89. The molecule has 7 heteroatoms. The molecule has 2 N–H and O–H groups in total. The number of amides is 1. The Morgan fingerprint density at radius 3 is 2.55 bits per heavy atom. The molecule has 3 rings (SSSR count). The van der Waals surface area contributed by atoms with Gasteiger partial charge in [0.15, 0.2) is 5.82 Å². The van der Waals surface area contributed by atoms with E-state index < -0.39 is 5.54 Å². The third-order valence-corrected chi connectivity index (χ3v) is 4.20. The molecular formula is C15H21N5O2. The fraction of sp³-hybridized carbons (Fsp3) is 0.600. The van der Waals surface area contributed by atoms with E-state index in [-0.39, 0.29) is 5.91 Å². The number of carbonyl (C=O) groups excluding carboxylic acids is 1. The second-order valence-electron chi connectivity index (χ2n) is 6.02. The summed E-state index contributed by atoms with van der Waals surface area (Å²) in [6.07, 6.45) is 6.04. The monoisotopic (exact) mass is 303 g/mol. The summed E-state index contributed by atoms with van der Waals surface area (Å²) in [5.41, 5.74) is 0.690. The Morgan fingerprint density at radius 1 is 1.27 bits per heavy atom. The molecule has 0 saturated heterocycles. The maximum absolute atomic E-state index is 12.5. The first kappa shape index (κ1) is 14.7. The molecule has 0 spiro atoms. The summed E-state index contributed by atoms with van der Waals surface area (Å²) in [5, 5.41) is 14.0. The van der Waals surface area contributed by atoms with Crippen LogP contribution in [0, 0.1) is 13.8 Å². The minimum atomic E-state index is -0.557. The summed E-state index contributed by atoms with van der Waals surface area (Å²) >= 11 is 0. The third-order valence-electron chi connectivity index (χ3n) is 4.20. The number of carbonyl (C=O) groups is 1. The van der Waals surface area contributed by atoms with Crippen molar-refractivity contribution in [1.29, 1.82) is 0 Å². The maximum Gasteiger partial charge on any atom is 0.272 e. The van der Waals surface area contributed by atoms with Gasteiger partial charge in [0.05, 0.1) is 0 Å². The van der Waals surface area contributed by atoms with E-state index in [1.54, 1.807) is 13.0 Å². The normalized spacial score (nSPS) is 17.9. The average molecular weight is 303 g/mol. The van der Waals surface area contributed by atoms with Gasteiger partial charge in [-0.25, -0.2) is 0 Å². The second kappa shape index (κ2) is 5.90. The molecule has 1 aliphatic rings. The van der Waals surface area contributed by atoms with Crippen LogP contribution in [0.4, 0.5) is 0 Å². The lowest BCUT2D eigenvalue weighted by Gasteiger charge is -2.30. The van der Waals surface area contributed by atoms with Gasteiger partial charge in [0.2, 0.25) is 5.89 Å². The van der Waals surface area contributed by atoms with Crippen molar-refractivity contribution in [3.05, 3.63) is 29.2 Å². The first-order valence-electron chi connectivity index (χ1n) is 7.74. The highest BCUT2D eigenvalue weighted by atomic mass is 16.5. The van der Waals surface area contributed by atoms with Crippen molar-refractivity contribution in [2.75, 3.05) is 0 Å². The number of aromatic amines is 1. The summed E-state index contributed by atoms with van der Waals surface area (Å²) in [4.78, 5) is 16.9. The lowest BCUT2D eigenvalue weighted by molar-refractivity contribution is 0.0871. The lowest BCUT2D eigenvalue weighted by atomic mass is 9.89. The average Bonchev–Trinajstić information content (AvgIpc) is 3.04. The smallest absolute Gasteiger partial charge is 0.272 e. The molecular weight excluding hydrogens is 282 g/mol. The highest BCUT2D eigenvalue weighted by molar-refractivity contribution is 5.92. The Morgan fingerprint density at radius 2 is 2.00 bits per heavy atom. The SMILES string of the molecule is Cc1cc(C(=O)NC2(c3noc(C)n3)CCCCCC2)n[nH]1. The topological polar surface area (TPSA) is 96.7 Å². The van der Waals surface area contributed by atoms with Crippen molar-refractivity contribution < 1.29 is 9.32 Å². The largest absolute Gasteiger partial charge is 0.340 e. The van der Waals surface area contributed by atoms with Crippen molar-refractivity contribution in [2.24, 2.45) is 0 Å². The van der Waals surface area contributed by atoms with E-state index in [0.717, 1.165) is 44.2 Å². The van der Waals surface area contributed by atoms with E-state index in [9.17, 15) is 4.79 Å². The van der Waals surface area contributed by atoms with Crippen LogP contribution >= 0.6 is 0 Å². The Labute approximate surface area is 128 Å². The molecule has 7 nitrogen and oxygen atoms in total. The zero-order valence-corrected chi connectivity index (χ0v) is 13.0. The molecule has 0 atom stereocenters. The molecule has 2 aromatic heterocycles. The minimum Gasteiger partial charge on any atom is -0.340 e. The number of aryl methyl sites for hydroxylation is 2. The fourth-order valence-corrected chi connectivity index (χ4v) is 3.05.